The molecule has 0 saturated carbocycles. The molecule has 1 heteroatoms. The number of rotatable bonds is 2. The van der Waals surface area contributed by atoms with Gasteiger partial charge < -0.3 is 4.98 Å². The average molecular weight is 259 g/mol. The largest absolute Gasteiger partial charge is 0.358 e. The van der Waals surface area contributed by atoms with Gasteiger partial charge in [0.15, 0.2) is 0 Å². The van der Waals surface area contributed by atoms with Gasteiger partial charge in [-0.1, -0.05) is 54.1 Å². The van der Waals surface area contributed by atoms with Crippen molar-refractivity contribution in [3.63, 3.8) is 0 Å². The van der Waals surface area contributed by atoms with E-state index in [4.69, 9.17) is 0 Å². The van der Waals surface area contributed by atoms with Crippen LogP contribution in [0.1, 0.15) is 22.4 Å². The maximum absolute atomic E-state index is 3.58. The first-order chi connectivity index (χ1) is 9.81. The Morgan fingerprint density at radius 3 is 2.65 bits per heavy atom. The molecule has 4 rings (SSSR count). The van der Waals surface area contributed by atoms with Crippen molar-refractivity contribution in [2.24, 2.45) is 0 Å². The van der Waals surface area contributed by atoms with Gasteiger partial charge in [-0.25, -0.2) is 0 Å². The number of aromatic amines is 1. The van der Waals surface area contributed by atoms with Crippen LogP contribution in [0.3, 0.4) is 0 Å². The van der Waals surface area contributed by atoms with Crippen LogP contribution in [-0.4, -0.2) is 4.98 Å². The maximum Gasteiger partial charge on any atom is 0.0458 e. The third kappa shape index (κ3) is 1.78. The van der Waals surface area contributed by atoms with Crippen molar-refractivity contribution < 1.29 is 0 Å². The number of nitrogens with one attached hydrogen (secondary N) is 1. The fourth-order valence-corrected chi connectivity index (χ4v) is 3.21. The van der Waals surface area contributed by atoms with Crippen LogP contribution in [0.4, 0.5) is 0 Å². The number of aromatic nitrogens is 1. The molecule has 1 nitrogen and oxygen atoms in total. The van der Waals surface area contributed by atoms with Crippen molar-refractivity contribution in [3.8, 4) is 0 Å². The molecule has 1 aliphatic rings. The minimum Gasteiger partial charge on any atom is -0.358 e. The van der Waals surface area contributed by atoms with Crippen molar-refractivity contribution in [2.75, 3.05) is 0 Å². The lowest BCUT2D eigenvalue weighted by atomic mass is 10.0. The number of hydrogen-bond donors (Lipinski definition) is 1. The molecule has 0 radical (unpaired) electrons. The highest BCUT2D eigenvalue weighted by molar-refractivity contribution is 5.84. The molecule has 1 aromatic heterocycles. The molecule has 0 amide bonds. The summed E-state index contributed by atoms with van der Waals surface area (Å²) in [6.45, 7) is 2.22. The Morgan fingerprint density at radius 1 is 1.00 bits per heavy atom. The Labute approximate surface area is 119 Å². The van der Waals surface area contributed by atoms with E-state index >= 15 is 0 Å². The van der Waals surface area contributed by atoms with Gasteiger partial charge in [0.25, 0.3) is 0 Å². The maximum atomic E-state index is 3.58. The molecule has 0 saturated heterocycles. The summed E-state index contributed by atoms with van der Waals surface area (Å²) in [6.07, 6.45) is 4.46. The van der Waals surface area contributed by atoms with Crippen molar-refractivity contribution in [1.29, 1.82) is 0 Å². The average Bonchev–Trinajstić information content (AvgIpc) is 3.01. The molecule has 0 aliphatic heterocycles. The van der Waals surface area contributed by atoms with E-state index in [1.54, 1.807) is 0 Å². The Hall–Kier alpha value is -2.28. The SMILES string of the molecule is Cc1c(CC2=Cc3ccccc3C2)[nH]c2ccccc12. The summed E-state index contributed by atoms with van der Waals surface area (Å²) < 4.78 is 0. The third-order valence-corrected chi connectivity index (χ3v) is 4.31. The lowest BCUT2D eigenvalue weighted by Crippen LogP contribution is -1.93. The Kier molecular flexibility index (Phi) is 2.53. The Morgan fingerprint density at radius 2 is 1.80 bits per heavy atom. The minimum atomic E-state index is 1.02. The first kappa shape index (κ1) is 11.5. The first-order valence-corrected chi connectivity index (χ1v) is 7.15. The zero-order valence-corrected chi connectivity index (χ0v) is 11.6. The van der Waals surface area contributed by atoms with Crippen molar-refractivity contribution in [2.45, 2.75) is 19.8 Å². The molecule has 3 aromatic rings. The number of benzene rings is 2. The van der Waals surface area contributed by atoms with E-state index in [1.165, 1.54) is 38.9 Å². The molecular formula is C19H17N. The number of fused-ring (bicyclic) bond motifs is 2. The summed E-state index contributed by atoms with van der Waals surface area (Å²) in [5, 5.41) is 1.35. The van der Waals surface area contributed by atoms with E-state index in [-0.39, 0.29) is 0 Å². The molecule has 0 spiro atoms. The number of aryl methyl sites for hydroxylation is 1. The highest BCUT2D eigenvalue weighted by Crippen LogP contribution is 2.29. The van der Waals surface area contributed by atoms with E-state index in [0.717, 1.165) is 12.8 Å². The van der Waals surface area contributed by atoms with Gasteiger partial charge in [-0.05, 0) is 36.1 Å². The van der Waals surface area contributed by atoms with Crippen LogP contribution in [0, 0.1) is 6.92 Å². The molecule has 1 aliphatic carbocycles. The second kappa shape index (κ2) is 4.38. The predicted octanol–water partition coefficient (Wildman–Crippen LogP) is 4.66. The summed E-state index contributed by atoms with van der Waals surface area (Å²) in [5.74, 6) is 0. The highest BCUT2D eigenvalue weighted by Gasteiger charge is 2.14. The molecule has 20 heavy (non-hydrogen) atoms. The minimum absolute atomic E-state index is 1.02. The standard InChI is InChI=1S/C19H17N/c1-13-17-8-4-5-9-18(17)20-19(13)12-14-10-15-6-2-3-7-16(15)11-14/h2-10,20H,11-12H2,1H3. The fourth-order valence-electron chi connectivity index (χ4n) is 3.21. The Bertz CT molecular complexity index is 821. The van der Waals surface area contributed by atoms with Gasteiger partial charge in [0.2, 0.25) is 0 Å². The summed E-state index contributed by atoms with van der Waals surface area (Å²) >= 11 is 0. The lowest BCUT2D eigenvalue weighted by molar-refractivity contribution is 1.02. The van der Waals surface area contributed by atoms with E-state index in [2.05, 4.69) is 66.5 Å². The molecule has 98 valence electrons. The second-order valence-corrected chi connectivity index (χ2v) is 5.63. The zero-order valence-electron chi connectivity index (χ0n) is 11.6. The first-order valence-electron chi connectivity index (χ1n) is 7.15. The molecule has 1 heterocycles. The summed E-state index contributed by atoms with van der Waals surface area (Å²) in [4.78, 5) is 3.58. The Balaban J connectivity index is 1.68. The second-order valence-electron chi connectivity index (χ2n) is 5.63. The fraction of sp³-hybridized carbons (Fsp3) is 0.158. The normalized spacial score (nSPS) is 13.6. The van der Waals surface area contributed by atoms with Gasteiger partial charge in [-0.15, -0.1) is 0 Å². The van der Waals surface area contributed by atoms with Crippen LogP contribution in [0.5, 0.6) is 0 Å². The summed E-state index contributed by atoms with van der Waals surface area (Å²) in [7, 11) is 0. The van der Waals surface area contributed by atoms with Gasteiger partial charge in [-0.3, -0.25) is 0 Å². The van der Waals surface area contributed by atoms with Gasteiger partial charge in [0, 0.05) is 23.0 Å². The summed E-state index contributed by atoms with van der Waals surface area (Å²) in [5.41, 5.74) is 8.33. The number of H-pyrrole nitrogens is 1. The zero-order chi connectivity index (χ0) is 13.5. The van der Waals surface area contributed by atoms with E-state index in [0.29, 0.717) is 0 Å². The summed E-state index contributed by atoms with van der Waals surface area (Å²) in [6, 6.07) is 17.2. The monoisotopic (exact) mass is 259 g/mol. The van der Waals surface area contributed by atoms with E-state index in [1.807, 2.05) is 0 Å². The number of hydrogen-bond acceptors (Lipinski definition) is 0. The van der Waals surface area contributed by atoms with Crippen LogP contribution >= 0.6 is 0 Å². The number of para-hydroxylation sites is 1. The number of allylic oxidation sites excluding steroid dienone is 1. The van der Waals surface area contributed by atoms with Crippen molar-refractivity contribution in [3.05, 3.63) is 76.5 Å². The van der Waals surface area contributed by atoms with Crippen molar-refractivity contribution in [1.82, 2.24) is 4.98 Å². The molecule has 0 fully saturated rings. The molecule has 1 N–H and O–H groups in total. The molecule has 2 aromatic carbocycles. The van der Waals surface area contributed by atoms with Crippen LogP contribution in [0.2, 0.25) is 0 Å². The lowest BCUT2D eigenvalue weighted by Gasteiger charge is -2.02. The van der Waals surface area contributed by atoms with Crippen LogP contribution in [0.25, 0.3) is 17.0 Å². The van der Waals surface area contributed by atoms with Gasteiger partial charge >= 0.3 is 0 Å². The highest BCUT2D eigenvalue weighted by atomic mass is 14.7. The van der Waals surface area contributed by atoms with Crippen LogP contribution in [0.15, 0.2) is 54.1 Å². The topological polar surface area (TPSA) is 15.8 Å². The van der Waals surface area contributed by atoms with E-state index < -0.39 is 0 Å². The smallest absolute Gasteiger partial charge is 0.0458 e. The predicted molar refractivity (Wildman–Crippen MR) is 84.9 cm³/mol. The molecular weight excluding hydrogens is 242 g/mol. The van der Waals surface area contributed by atoms with Gasteiger partial charge in [0.1, 0.15) is 0 Å². The van der Waals surface area contributed by atoms with Gasteiger partial charge in [0.05, 0.1) is 0 Å². The molecule has 0 bridgehead atoms. The van der Waals surface area contributed by atoms with Crippen LogP contribution < -0.4 is 0 Å². The molecule has 0 atom stereocenters. The molecule has 0 unspecified atom stereocenters. The van der Waals surface area contributed by atoms with E-state index in [9.17, 15) is 0 Å². The van der Waals surface area contributed by atoms with Crippen molar-refractivity contribution >= 4 is 17.0 Å². The third-order valence-electron chi connectivity index (χ3n) is 4.31. The van der Waals surface area contributed by atoms with Gasteiger partial charge in [-0.2, -0.15) is 0 Å². The van der Waals surface area contributed by atoms with Crippen LogP contribution in [-0.2, 0) is 12.8 Å². The quantitative estimate of drug-likeness (QED) is 0.689.